The summed E-state index contributed by atoms with van der Waals surface area (Å²) < 4.78 is 44.9. The van der Waals surface area contributed by atoms with Crippen LogP contribution in [0.1, 0.15) is 41.0 Å². The molecule has 4 rings (SSSR count). The molecule has 2 heterocycles. The van der Waals surface area contributed by atoms with Gasteiger partial charge in [-0.05, 0) is 68.7 Å². The first-order chi connectivity index (χ1) is 16.7. The maximum Gasteiger partial charge on any atom is 0.305 e. The van der Waals surface area contributed by atoms with Gasteiger partial charge in [-0.1, -0.05) is 29.4 Å². The third kappa shape index (κ3) is 5.24. The van der Waals surface area contributed by atoms with Crippen LogP contribution < -0.4 is 9.04 Å². The van der Waals surface area contributed by atoms with Gasteiger partial charge in [-0.25, -0.2) is 8.42 Å². The van der Waals surface area contributed by atoms with Gasteiger partial charge < -0.3 is 14.0 Å². The fourth-order valence-corrected chi connectivity index (χ4v) is 5.61. The number of fused-ring (bicyclic) bond motifs is 1. The van der Waals surface area contributed by atoms with E-state index in [-0.39, 0.29) is 23.8 Å². The largest absolute Gasteiger partial charge is 0.486 e. The molecule has 0 N–H and O–H groups in total. The Morgan fingerprint density at radius 2 is 1.97 bits per heavy atom. The van der Waals surface area contributed by atoms with Gasteiger partial charge >= 0.3 is 5.97 Å². The summed E-state index contributed by atoms with van der Waals surface area (Å²) in [7, 11) is -2.55. The van der Waals surface area contributed by atoms with Crippen LogP contribution in [0.25, 0.3) is 12.2 Å². The molecular weight excluding hydrogens is 468 g/mol. The number of benzene rings is 2. The van der Waals surface area contributed by atoms with Gasteiger partial charge in [-0.3, -0.25) is 9.10 Å². The Morgan fingerprint density at radius 1 is 1.17 bits per heavy atom. The Labute approximate surface area is 205 Å². The van der Waals surface area contributed by atoms with Gasteiger partial charge in [0, 0.05) is 12.0 Å². The van der Waals surface area contributed by atoms with Gasteiger partial charge in [0.15, 0.2) is 0 Å². The molecule has 0 bridgehead atoms. The van der Waals surface area contributed by atoms with Crippen molar-refractivity contribution < 1.29 is 27.2 Å². The maximum atomic E-state index is 13.7. The Bertz CT molecular complexity index is 1360. The smallest absolute Gasteiger partial charge is 0.305 e. The molecule has 3 aromatic rings. The van der Waals surface area contributed by atoms with E-state index in [4.69, 9.17) is 14.0 Å². The van der Waals surface area contributed by atoms with Crippen LogP contribution in [0.5, 0.6) is 5.75 Å². The van der Waals surface area contributed by atoms with Gasteiger partial charge in [0.1, 0.15) is 17.6 Å². The highest BCUT2D eigenvalue weighted by Gasteiger charge is 2.35. The standard InChI is InChI=1S/C26H28N2O6S/c1-17-6-5-7-22(14-17)35(30,31)28-16-21(10-13-26(29)32-4)33-25-12-9-20(15-24(25)28)8-11-23-18(2)27-34-19(23)3/h5-9,11-12,14-15,21H,10,13,16H2,1-4H3/b11-8+/t21-/m0/s1. The number of nitrogens with zero attached hydrogens (tertiary/aromatic N) is 2. The lowest BCUT2D eigenvalue weighted by molar-refractivity contribution is -0.141. The van der Waals surface area contributed by atoms with E-state index in [9.17, 15) is 13.2 Å². The third-order valence-electron chi connectivity index (χ3n) is 5.92. The number of esters is 1. The number of ether oxygens (including phenoxy) is 2. The van der Waals surface area contributed by atoms with Gasteiger partial charge in [0.2, 0.25) is 0 Å². The van der Waals surface area contributed by atoms with Crippen molar-refractivity contribution in [2.45, 2.75) is 44.6 Å². The molecule has 0 radical (unpaired) electrons. The number of rotatable bonds is 7. The first kappa shape index (κ1) is 24.5. The monoisotopic (exact) mass is 496 g/mol. The molecule has 35 heavy (non-hydrogen) atoms. The quantitative estimate of drug-likeness (QED) is 0.438. The predicted molar refractivity (Wildman–Crippen MR) is 133 cm³/mol. The van der Waals surface area contributed by atoms with Crippen LogP contribution in [0.15, 0.2) is 51.9 Å². The minimum absolute atomic E-state index is 0.0807. The number of carbonyl (C=O) groups excluding carboxylic acids is 1. The van der Waals surface area contributed by atoms with Crippen molar-refractivity contribution in [2.75, 3.05) is 18.0 Å². The fourth-order valence-electron chi connectivity index (χ4n) is 4.00. The Kier molecular flexibility index (Phi) is 6.98. The number of hydrogen-bond donors (Lipinski definition) is 0. The summed E-state index contributed by atoms with van der Waals surface area (Å²) in [6.07, 6.45) is 3.75. The maximum absolute atomic E-state index is 13.7. The molecular formula is C26H28N2O6S. The number of aromatic nitrogens is 1. The first-order valence-corrected chi connectivity index (χ1v) is 12.7. The summed E-state index contributed by atoms with van der Waals surface area (Å²) in [6.45, 7) is 5.63. The van der Waals surface area contributed by atoms with E-state index in [2.05, 4.69) is 5.16 Å². The molecule has 184 valence electrons. The van der Waals surface area contributed by atoms with Crippen LogP contribution >= 0.6 is 0 Å². The van der Waals surface area contributed by atoms with E-state index in [1.165, 1.54) is 11.4 Å². The highest BCUT2D eigenvalue weighted by Crippen LogP contribution is 2.39. The van der Waals surface area contributed by atoms with Crippen molar-refractivity contribution in [2.24, 2.45) is 0 Å². The normalized spacial score (nSPS) is 15.7. The number of sulfonamides is 1. The van der Waals surface area contributed by atoms with Crippen LogP contribution in [0, 0.1) is 20.8 Å². The van der Waals surface area contributed by atoms with Crippen molar-refractivity contribution in [3.8, 4) is 5.75 Å². The second-order valence-corrected chi connectivity index (χ2v) is 10.4. The molecule has 0 saturated carbocycles. The summed E-state index contributed by atoms with van der Waals surface area (Å²) in [5, 5.41) is 3.96. The third-order valence-corrected chi connectivity index (χ3v) is 7.70. The van der Waals surface area contributed by atoms with Crippen molar-refractivity contribution in [1.82, 2.24) is 5.16 Å². The van der Waals surface area contributed by atoms with Gasteiger partial charge in [0.05, 0.1) is 29.9 Å². The molecule has 0 spiro atoms. The van der Waals surface area contributed by atoms with E-state index in [1.54, 1.807) is 30.3 Å². The molecule has 1 atom stereocenters. The lowest BCUT2D eigenvalue weighted by Gasteiger charge is -2.35. The molecule has 1 aliphatic rings. The SMILES string of the molecule is COC(=O)CC[C@H]1CN(S(=O)(=O)c2cccc(C)c2)c2cc(/C=C/c3c(C)noc3C)ccc2O1. The average Bonchev–Trinajstić information content (AvgIpc) is 3.17. The molecule has 0 unspecified atom stereocenters. The highest BCUT2D eigenvalue weighted by molar-refractivity contribution is 7.92. The minimum atomic E-state index is -3.88. The van der Waals surface area contributed by atoms with Crippen LogP contribution in [-0.2, 0) is 19.6 Å². The number of anilines is 1. The van der Waals surface area contributed by atoms with E-state index >= 15 is 0 Å². The van der Waals surface area contributed by atoms with Crippen LogP contribution in [0.4, 0.5) is 5.69 Å². The summed E-state index contributed by atoms with van der Waals surface area (Å²) in [5.41, 5.74) is 3.74. The summed E-state index contributed by atoms with van der Waals surface area (Å²) >= 11 is 0. The van der Waals surface area contributed by atoms with Crippen molar-refractivity contribution in [3.05, 3.63) is 70.6 Å². The zero-order valence-corrected chi connectivity index (χ0v) is 21.0. The Balaban J connectivity index is 1.72. The summed E-state index contributed by atoms with van der Waals surface area (Å²) in [5.74, 6) is 0.779. The molecule has 9 heteroatoms. The van der Waals surface area contributed by atoms with Gasteiger partial charge in [-0.15, -0.1) is 0 Å². The minimum Gasteiger partial charge on any atom is -0.486 e. The van der Waals surface area contributed by atoms with Crippen LogP contribution in [-0.4, -0.2) is 39.3 Å². The molecule has 1 aliphatic heterocycles. The fraction of sp³-hybridized carbons (Fsp3) is 0.308. The zero-order chi connectivity index (χ0) is 25.2. The zero-order valence-electron chi connectivity index (χ0n) is 20.1. The number of carbonyl (C=O) groups is 1. The molecule has 1 aromatic heterocycles. The molecule has 0 aliphatic carbocycles. The van der Waals surface area contributed by atoms with Crippen LogP contribution in [0.2, 0.25) is 0 Å². The number of aryl methyl sites for hydroxylation is 3. The lowest BCUT2D eigenvalue weighted by atomic mass is 10.1. The van der Waals surface area contributed by atoms with E-state index in [0.29, 0.717) is 23.6 Å². The van der Waals surface area contributed by atoms with Crippen molar-refractivity contribution >= 4 is 33.8 Å². The van der Waals surface area contributed by atoms with E-state index in [1.807, 2.05) is 45.1 Å². The molecule has 8 nitrogen and oxygen atoms in total. The lowest BCUT2D eigenvalue weighted by Crippen LogP contribution is -2.43. The van der Waals surface area contributed by atoms with Gasteiger partial charge in [-0.2, -0.15) is 0 Å². The highest BCUT2D eigenvalue weighted by atomic mass is 32.2. The molecule has 0 amide bonds. The average molecular weight is 497 g/mol. The predicted octanol–water partition coefficient (Wildman–Crippen LogP) is 4.68. The molecule has 0 fully saturated rings. The van der Waals surface area contributed by atoms with Crippen LogP contribution in [0.3, 0.4) is 0 Å². The second-order valence-electron chi connectivity index (χ2n) is 8.51. The van der Waals surface area contributed by atoms with E-state index < -0.39 is 16.1 Å². The Hall–Kier alpha value is -3.59. The topological polar surface area (TPSA) is 98.9 Å². The molecule has 2 aromatic carbocycles. The van der Waals surface area contributed by atoms with Crippen molar-refractivity contribution in [1.29, 1.82) is 0 Å². The van der Waals surface area contributed by atoms with Gasteiger partial charge in [0.25, 0.3) is 10.0 Å². The summed E-state index contributed by atoms with van der Waals surface area (Å²) in [6, 6.07) is 12.2. The first-order valence-electron chi connectivity index (χ1n) is 11.3. The van der Waals surface area contributed by atoms with Crippen molar-refractivity contribution in [3.63, 3.8) is 0 Å². The van der Waals surface area contributed by atoms with E-state index in [0.717, 1.165) is 22.4 Å². The Morgan fingerprint density at radius 3 is 2.66 bits per heavy atom. The second kappa shape index (κ2) is 9.95. The number of methoxy groups -OCH3 is 1. The summed E-state index contributed by atoms with van der Waals surface area (Å²) in [4.78, 5) is 11.9. The number of hydrogen-bond acceptors (Lipinski definition) is 7. The molecule has 0 saturated heterocycles.